The molecule has 0 saturated heterocycles. The first-order chi connectivity index (χ1) is 11.6. The monoisotopic (exact) mass is 323 g/mol. The zero-order valence-corrected chi connectivity index (χ0v) is 14.6. The summed E-state index contributed by atoms with van der Waals surface area (Å²) in [6.45, 7) is 7.89. The fourth-order valence-corrected chi connectivity index (χ4v) is 2.70. The van der Waals surface area contributed by atoms with Gasteiger partial charge in [0.05, 0.1) is 13.2 Å². The second-order valence-corrected chi connectivity index (χ2v) is 5.86. The van der Waals surface area contributed by atoms with Gasteiger partial charge in [-0.05, 0) is 49.1 Å². The van der Waals surface area contributed by atoms with E-state index in [0.29, 0.717) is 12.0 Å². The van der Waals surface area contributed by atoms with Crippen LogP contribution in [0.25, 0.3) is 0 Å². The predicted molar refractivity (Wildman–Crippen MR) is 98.6 cm³/mol. The van der Waals surface area contributed by atoms with Gasteiger partial charge in [-0.25, -0.2) is 0 Å². The number of amides is 1. The van der Waals surface area contributed by atoms with Crippen LogP contribution < -0.4 is 10.1 Å². The van der Waals surface area contributed by atoms with Gasteiger partial charge in [0.2, 0.25) is 0 Å². The molecule has 0 aliphatic heterocycles. The van der Waals surface area contributed by atoms with Crippen LogP contribution in [0.15, 0.2) is 55.1 Å². The number of methoxy groups -OCH3 is 1. The van der Waals surface area contributed by atoms with Crippen molar-refractivity contribution in [3.63, 3.8) is 0 Å². The molecule has 0 radical (unpaired) electrons. The van der Waals surface area contributed by atoms with Crippen molar-refractivity contribution in [3.05, 3.63) is 77.4 Å². The first kappa shape index (κ1) is 17.8. The number of allylic oxidation sites excluding steroid dienone is 1. The molecule has 1 amide bonds. The Morgan fingerprint density at radius 1 is 1.25 bits per heavy atom. The highest BCUT2D eigenvalue weighted by Crippen LogP contribution is 2.22. The summed E-state index contributed by atoms with van der Waals surface area (Å²) >= 11 is 0. The molecule has 3 heteroatoms. The molecule has 3 nitrogen and oxygen atoms in total. The van der Waals surface area contributed by atoms with E-state index in [1.165, 1.54) is 5.56 Å². The lowest BCUT2D eigenvalue weighted by Crippen LogP contribution is -2.28. The Morgan fingerprint density at radius 3 is 2.54 bits per heavy atom. The second-order valence-electron chi connectivity index (χ2n) is 5.86. The molecule has 24 heavy (non-hydrogen) atoms. The van der Waals surface area contributed by atoms with Crippen LogP contribution in [-0.2, 0) is 6.42 Å². The Balaban J connectivity index is 2.19. The standard InChI is InChI=1S/C21H25NO2/c1-5-7-17-14-18(12-13-20(17)24-4)21(23)22-19(6-2)16-10-8-15(3)9-11-16/h5,8-14,19H,1,6-7H2,2-4H3,(H,22,23). The minimum absolute atomic E-state index is 0.00283. The van der Waals surface area contributed by atoms with Crippen LogP contribution in [0, 0.1) is 6.92 Å². The van der Waals surface area contributed by atoms with Crippen molar-refractivity contribution in [1.29, 1.82) is 0 Å². The van der Waals surface area contributed by atoms with Gasteiger partial charge < -0.3 is 10.1 Å². The molecule has 0 heterocycles. The topological polar surface area (TPSA) is 38.3 Å². The molecule has 0 aromatic heterocycles. The summed E-state index contributed by atoms with van der Waals surface area (Å²) in [5.41, 5.74) is 3.93. The van der Waals surface area contributed by atoms with E-state index in [0.717, 1.165) is 23.3 Å². The van der Waals surface area contributed by atoms with E-state index in [-0.39, 0.29) is 11.9 Å². The fraction of sp³-hybridized carbons (Fsp3) is 0.286. The van der Waals surface area contributed by atoms with Gasteiger partial charge in [0.25, 0.3) is 5.91 Å². The first-order valence-electron chi connectivity index (χ1n) is 8.24. The third-order valence-electron chi connectivity index (χ3n) is 4.10. The van der Waals surface area contributed by atoms with Crippen molar-refractivity contribution < 1.29 is 9.53 Å². The molecule has 0 aliphatic carbocycles. The molecule has 2 aromatic carbocycles. The summed E-state index contributed by atoms with van der Waals surface area (Å²) in [5.74, 6) is 0.701. The van der Waals surface area contributed by atoms with Crippen molar-refractivity contribution in [2.24, 2.45) is 0 Å². The van der Waals surface area contributed by atoms with Crippen LogP contribution in [0.2, 0.25) is 0 Å². The molecule has 0 fully saturated rings. The lowest BCUT2D eigenvalue weighted by molar-refractivity contribution is 0.0935. The van der Waals surface area contributed by atoms with E-state index >= 15 is 0 Å². The van der Waals surface area contributed by atoms with Gasteiger partial charge in [-0.2, -0.15) is 0 Å². The van der Waals surface area contributed by atoms with Gasteiger partial charge in [0, 0.05) is 5.56 Å². The SMILES string of the molecule is C=CCc1cc(C(=O)NC(CC)c2ccc(C)cc2)ccc1OC. The van der Waals surface area contributed by atoms with Gasteiger partial charge >= 0.3 is 0 Å². The molecule has 2 rings (SSSR count). The van der Waals surface area contributed by atoms with E-state index in [1.807, 2.05) is 12.1 Å². The maximum absolute atomic E-state index is 12.6. The number of aryl methyl sites for hydroxylation is 1. The number of hydrogen-bond acceptors (Lipinski definition) is 2. The van der Waals surface area contributed by atoms with E-state index in [9.17, 15) is 4.79 Å². The zero-order chi connectivity index (χ0) is 17.5. The Hall–Kier alpha value is -2.55. The summed E-state index contributed by atoms with van der Waals surface area (Å²) in [4.78, 5) is 12.6. The number of benzene rings is 2. The van der Waals surface area contributed by atoms with Crippen molar-refractivity contribution in [3.8, 4) is 5.75 Å². The Bertz CT molecular complexity index is 704. The summed E-state index contributed by atoms with van der Waals surface area (Å²) in [5, 5.41) is 3.12. The Labute approximate surface area is 144 Å². The quantitative estimate of drug-likeness (QED) is 0.755. The Kier molecular flexibility index (Phi) is 6.19. The number of carbonyl (C=O) groups is 1. The van der Waals surface area contributed by atoms with E-state index < -0.39 is 0 Å². The summed E-state index contributed by atoms with van der Waals surface area (Å²) in [6.07, 6.45) is 3.31. The zero-order valence-electron chi connectivity index (χ0n) is 14.6. The lowest BCUT2D eigenvalue weighted by atomic mass is 10.0. The van der Waals surface area contributed by atoms with Gasteiger partial charge in [0.1, 0.15) is 5.75 Å². The normalized spacial score (nSPS) is 11.6. The molecule has 1 atom stereocenters. The van der Waals surface area contributed by atoms with E-state index in [1.54, 1.807) is 19.3 Å². The van der Waals surface area contributed by atoms with Crippen molar-refractivity contribution in [1.82, 2.24) is 5.32 Å². The maximum Gasteiger partial charge on any atom is 0.251 e. The van der Waals surface area contributed by atoms with Crippen molar-refractivity contribution in [2.45, 2.75) is 32.7 Å². The Morgan fingerprint density at radius 2 is 1.96 bits per heavy atom. The molecule has 2 aromatic rings. The van der Waals surface area contributed by atoms with Crippen LogP contribution in [0.4, 0.5) is 0 Å². The van der Waals surface area contributed by atoms with E-state index in [2.05, 4.69) is 50.0 Å². The van der Waals surface area contributed by atoms with Crippen molar-refractivity contribution in [2.75, 3.05) is 7.11 Å². The highest BCUT2D eigenvalue weighted by atomic mass is 16.5. The lowest BCUT2D eigenvalue weighted by Gasteiger charge is -2.18. The summed E-state index contributed by atoms with van der Waals surface area (Å²) in [7, 11) is 1.63. The smallest absolute Gasteiger partial charge is 0.251 e. The molecule has 1 N–H and O–H groups in total. The average Bonchev–Trinajstić information content (AvgIpc) is 2.60. The first-order valence-corrected chi connectivity index (χ1v) is 8.24. The van der Waals surface area contributed by atoms with Crippen LogP contribution in [-0.4, -0.2) is 13.0 Å². The molecule has 0 spiro atoms. The average molecular weight is 323 g/mol. The van der Waals surface area contributed by atoms with Crippen molar-refractivity contribution >= 4 is 5.91 Å². The molecule has 0 saturated carbocycles. The second kappa shape index (κ2) is 8.34. The summed E-state index contributed by atoms with van der Waals surface area (Å²) < 4.78 is 5.34. The van der Waals surface area contributed by atoms with Crippen LogP contribution in [0.5, 0.6) is 5.75 Å². The van der Waals surface area contributed by atoms with Gasteiger partial charge in [-0.15, -0.1) is 6.58 Å². The fourth-order valence-electron chi connectivity index (χ4n) is 2.70. The predicted octanol–water partition coefficient (Wildman–Crippen LogP) is 4.61. The third-order valence-corrected chi connectivity index (χ3v) is 4.10. The molecule has 0 aliphatic rings. The van der Waals surface area contributed by atoms with Gasteiger partial charge in [-0.1, -0.05) is 42.8 Å². The molecule has 0 bridgehead atoms. The molecule has 126 valence electrons. The molecular weight excluding hydrogens is 298 g/mol. The number of hydrogen-bond donors (Lipinski definition) is 1. The largest absolute Gasteiger partial charge is 0.496 e. The van der Waals surface area contributed by atoms with E-state index in [4.69, 9.17) is 4.74 Å². The minimum Gasteiger partial charge on any atom is -0.496 e. The van der Waals surface area contributed by atoms with Crippen LogP contribution in [0.1, 0.15) is 46.4 Å². The van der Waals surface area contributed by atoms with Crippen LogP contribution in [0.3, 0.4) is 0 Å². The van der Waals surface area contributed by atoms with Gasteiger partial charge in [0.15, 0.2) is 0 Å². The molecule has 1 unspecified atom stereocenters. The van der Waals surface area contributed by atoms with Gasteiger partial charge in [-0.3, -0.25) is 4.79 Å². The summed E-state index contributed by atoms with van der Waals surface area (Å²) in [6, 6.07) is 13.8. The third kappa shape index (κ3) is 4.25. The number of carbonyl (C=O) groups excluding carboxylic acids is 1. The minimum atomic E-state index is -0.0737. The van der Waals surface area contributed by atoms with Crippen LogP contribution >= 0.6 is 0 Å². The highest BCUT2D eigenvalue weighted by molar-refractivity contribution is 5.94. The molecular formula is C21H25NO2. The number of ether oxygens (including phenoxy) is 1. The highest BCUT2D eigenvalue weighted by Gasteiger charge is 2.15. The number of rotatable bonds is 7. The maximum atomic E-state index is 12.6. The number of nitrogens with one attached hydrogen (secondary N) is 1.